The molecule has 0 aromatic carbocycles. The van der Waals surface area contributed by atoms with E-state index in [1.165, 1.54) is 0 Å². The van der Waals surface area contributed by atoms with Crippen LogP contribution in [0.5, 0.6) is 0 Å². The summed E-state index contributed by atoms with van der Waals surface area (Å²) in [6.07, 6.45) is -9.99. The summed E-state index contributed by atoms with van der Waals surface area (Å²) in [6.45, 7) is -0.561. The Morgan fingerprint density at radius 2 is 0.684 bits per heavy atom. The van der Waals surface area contributed by atoms with Crippen molar-refractivity contribution in [2.45, 2.75) is 74.8 Å². The van der Waals surface area contributed by atoms with Crippen molar-refractivity contribution in [3.05, 3.63) is 0 Å². The largest absolute Gasteiger partial charge is 0.465 e. The van der Waals surface area contributed by atoms with Gasteiger partial charge in [0.15, 0.2) is 0 Å². The summed E-state index contributed by atoms with van der Waals surface area (Å²) >= 11 is 0. The van der Waals surface area contributed by atoms with Gasteiger partial charge in [-0.1, -0.05) is 6.92 Å². The van der Waals surface area contributed by atoms with Gasteiger partial charge >= 0.3 is 59.6 Å². The lowest BCUT2D eigenvalue weighted by molar-refractivity contribution is -0.464. The summed E-state index contributed by atoms with van der Waals surface area (Å²) in [7, 11) is 0. The van der Waals surface area contributed by atoms with Crippen LogP contribution in [0.3, 0.4) is 0 Å². The van der Waals surface area contributed by atoms with E-state index >= 15 is 0 Å². The van der Waals surface area contributed by atoms with Crippen molar-refractivity contribution in [2.24, 2.45) is 5.41 Å². The number of rotatable bonds is 12. The fourth-order valence-corrected chi connectivity index (χ4v) is 2.79. The molecule has 0 unspecified atom stereocenters. The van der Waals surface area contributed by atoms with Crippen LogP contribution in [0.25, 0.3) is 0 Å². The normalized spacial score (nSPS) is 15.4. The number of hydrogen-bond acceptors (Lipinski definition) is 4. The summed E-state index contributed by atoms with van der Waals surface area (Å²) in [5, 5.41) is 0. The van der Waals surface area contributed by atoms with Crippen molar-refractivity contribution >= 4 is 11.9 Å². The highest BCUT2D eigenvalue weighted by Gasteiger charge is 2.97. The summed E-state index contributed by atoms with van der Waals surface area (Å²) in [6, 6.07) is 0. The van der Waals surface area contributed by atoms with Gasteiger partial charge in [-0.15, -0.1) is 0 Å². The van der Waals surface area contributed by atoms with Gasteiger partial charge in [-0.2, -0.15) is 74.6 Å². The lowest BCUT2D eigenvalue weighted by Crippen LogP contribution is -2.76. The first kappa shape index (κ1) is 35.8. The number of ether oxygens (including phenoxy) is 2. The van der Waals surface area contributed by atoms with E-state index in [0.29, 0.717) is 0 Å². The highest BCUT2D eigenvalue weighted by atomic mass is 19.4. The molecule has 21 heteroatoms. The Labute approximate surface area is 200 Å². The Morgan fingerprint density at radius 1 is 0.447 bits per heavy atom. The Morgan fingerprint density at radius 3 is 0.895 bits per heavy atom. The van der Waals surface area contributed by atoms with E-state index in [0.717, 1.165) is 13.8 Å². The monoisotopic (exact) mass is 606 g/mol. The fraction of sp³-hybridized carbons (Fsp3) is 0.882. The smallest absolute Gasteiger partial charge is 0.460 e. The third-order valence-corrected chi connectivity index (χ3v) is 5.04. The van der Waals surface area contributed by atoms with Gasteiger partial charge < -0.3 is 9.47 Å². The van der Waals surface area contributed by atoms with Gasteiger partial charge in [0.2, 0.25) is 5.41 Å². The lowest BCUT2D eigenvalue weighted by atomic mass is 9.73. The zero-order valence-corrected chi connectivity index (χ0v) is 18.7. The molecular formula is C17H15F17O4. The van der Waals surface area contributed by atoms with E-state index in [1.807, 2.05) is 0 Å². The van der Waals surface area contributed by atoms with Crippen LogP contribution >= 0.6 is 0 Å². The van der Waals surface area contributed by atoms with Gasteiger partial charge in [0.1, 0.15) is 0 Å². The minimum absolute atomic E-state index is 0.167. The van der Waals surface area contributed by atoms with E-state index < -0.39 is 84.6 Å². The third kappa shape index (κ3) is 4.40. The second-order valence-electron chi connectivity index (χ2n) is 7.22. The Kier molecular flexibility index (Phi) is 9.46. The van der Waals surface area contributed by atoms with Gasteiger partial charge in [0.25, 0.3) is 0 Å². The van der Waals surface area contributed by atoms with Crippen molar-refractivity contribution in [1.82, 2.24) is 0 Å². The molecule has 0 aliphatic rings. The molecule has 0 aliphatic heterocycles. The molecule has 226 valence electrons. The number of alkyl halides is 17. The van der Waals surface area contributed by atoms with E-state index in [4.69, 9.17) is 0 Å². The molecule has 0 fully saturated rings. The number of carbonyl (C=O) groups is 2. The van der Waals surface area contributed by atoms with Crippen molar-refractivity contribution in [3.63, 3.8) is 0 Å². The molecule has 4 nitrogen and oxygen atoms in total. The van der Waals surface area contributed by atoms with Gasteiger partial charge in [-0.05, 0) is 20.3 Å². The van der Waals surface area contributed by atoms with E-state index in [2.05, 4.69) is 9.47 Å². The molecular weight excluding hydrogens is 591 g/mol. The fourth-order valence-electron chi connectivity index (χ4n) is 2.79. The lowest BCUT2D eigenvalue weighted by Gasteiger charge is -2.45. The molecule has 0 N–H and O–H groups in total. The van der Waals surface area contributed by atoms with Crippen LogP contribution in [0.15, 0.2) is 0 Å². The maximum atomic E-state index is 14.9. The van der Waals surface area contributed by atoms with Crippen LogP contribution in [-0.2, 0) is 19.1 Å². The summed E-state index contributed by atoms with van der Waals surface area (Å²) in [4.78, 5) is 24.0. The number of carbonyl (C=O) groups excluding carboxylic acids is 2. The number of esters is 2. The SMILES string of the molecule is CCOC(=O)C(CC)(C(=O)OCC)C(F)(F)C(F)(F)C(F)(F)C(F)(F)C(F)(F)C(F)(F)C(F)(F)C(F)(F)F. The van der Waals surface area contributed by atoms with Gasteiger partial charge in [0.05, 0.1) is 13.2 Å². The van der Waals surface area contributed by atoms with Crippen LogP contribution in [0.2, 0.25) is 0 Å². The van der Waals surface area contributed by atoms with Crippen molar-refractivity contribution in [1.29, 1.82) is 0 Å². The van der Waals surface area contributed by atoms with Crippen LogP contribution in [0.4, 0.5) is 74.6 Å². The number of hydrogen-bond donors (Lipinski definition) is 0. The van der Waals surface area contributed by atoms with Gasteiger partial charge in [-0.25, -0.2) is 0 Å². The van der Waals surface area contributed by atoms with Crippen molar-refractivity contribution in [2.75, 3.05) is 13.2 Å². The molecule has 0 radical (unpaired) electrons. The molecule has 0 spiro atoms. The zero-order valence-electron chi connectivity index (χ0n) is 18.7. The second-order valence-corrected chi connectivity index (χ2v) is 7.22. The van der Waals surface area contributed by atoms with Crippen LogP contribution in [0.1, 0.15) is 27.2 Å². The van der Waals surface area contributed by atoms with Gasteiger partial charge in [0, 0.05) is 0 Å². The van der Waals surface area contributed by atoms with E-state index in [-0.39, 0.29) is 6.92 Å². The molecule has 0 rings (SSSR count). The van der Waals surface area contributed by atoms with Crippen LogP contribution in [0, 0.1) is 5.41 Å². The summed E-state index contributed by atoms with van der Waals surface area (Å²) in [5.41, 5.74) is -5.09. The molecule has 0 aromatic rings. The maximum absolute atomic E-state index is 14.9. The molecule has 0 heterocycles. The minimum atomic E-state index is -8.85. The maximum Gasteiger partial charge on any atom is 0.460 e. The zero-order chi connectivity index (χ0) is 31.2. The Bertz CT molecular complexity index is 860. The number of halogens is 17. The molecule has 0 amide bonds. The first-order chi connectivity index (χ1) is 16.5. The highest BCUT2D eigenvalue weighted by molar-refractivity contribution is 6.01. The third-order valence-electron chi connectivity index (χ3n) is 5.04. The van der Waals surface area contributed by atoms with Crippen LogP contribution in [-0.4, -0.2) is 72.8 Å². The van der Waals surface area contributed by atoms with E-state index in [1.54, 1.807) is 0 Å². The minimum Gasteiger partial charge on any atom is -0.465 e. The average Bonchev–Trinajstić information content (AvgIpc) is 2.73. The Balaban J connectivity index is 7.42. The predicted molar refractivity (Wildman–Crippen MR) is 86.7 cm³/mol. The average molecular weight is 606 g/mol. The standard InChI is InChI=1S/C17H15F17O4/c1-4-9(7(35)37-5-2,8(36)38-6-3)10(18,19)11(20,21)12(22,23)13(24,25)14(26,27)15(28,29)16(30,31)17(32,33)34/h4-6H2,1-3H3. The summed E-state index contributed by atoms with van der Waals surface area (Å²) in [5.74, 6) is -64.8. The second kappa shape index (κ2) is 10.1. The molecule has 0 atom stereocenters. The Hall–Kier alpha value is -2.25. The molecule has 0 saturated carbocycles. The quantitative estimate of drug-likeness (QED) is 0.144. The predicted octanol–water partition coefficient (Wildman–Crippen LogP) is 6.52. The molecule has 0 saturated heterocycles. The summed E-state index contributed by atoms with van der Waals surface area (Å²) < 4.78 is 238. The first-order valence-corrected chi connectivity index (χ1v) is 9.58. The van der Waals surface area contributed by atoms with Crippen molar-refractivity contribution in [3.8, 4) is 0 Å². The highest BCUT2D eigenvalue weighted by Crippen LogP contribution is 2.66. The molecule has 0 aliphatic carbocycles. The topological polar surface area (TPSA) is 52.6 Å². The molecule has 38 heavy (non-hydrogen) atoms. The molecule has 0 bridgehead atoms. The van der Waals surface area contributed by atoms with Crippen molar-refractivity contribution < 1.29 is 93.7 Å². The van der Waals surface area contributed by atoms with E-state index in [9.17, 15) is 84.2 Å². The van der Waals surface area contributed by atoms with Gasteiger partial charge in [-0.3, -0.25) is 9.59 Å². The van der Waals surface area contributed by atoms with Crippen LogP contribution < -0.4 is 0 Å². The molecule has 0 aromatic heterocycles. The first-order valence-electron chi connectivity index (χ1n) is 9.58.